The lowest BCUT2D eigenvalue weighted by Crippen LogP contribution is -2.02. The molecule has 0 radical (unpaired) electrons. The zero-order valence-corrected chi connectivity index (χ0v) is 15.2. The zero-order chi connectivity index (χ0) is 18.6. The highest BCUT2D eigenvalue weighted by atomic mass is 32.1. The van der Waals surface area contributed by atoms with Crippen molar-refractivity contribution in [1.29, 1.82) is 0 Å². The van der Waals surface area contributed by atoms with Crippen LogP contribution in [-0.2, 0) is 6.61 Å². The second-order valence-electron chi connectivity index (χ2n) is 5.57. The van der Waals surface area contributed by atoms with E-state index in [-0.39, 0.29) is 12.4 Å². The molecule has 2 aromatic carbocycles. The number of aromatic nitrogens is 4. The highest BCUT2D eigenvalue weighted by molar-refractivity contribution is 7.17. The van der Waals surface area contributed by atoms with Crippen molar-refractivity contribution in [2.45, 2.75) is 6.61 Å². The van der Waals surface area contributed by atoms with Gasteiger partial charge in [0.05, 0.1) is 7.11 Å². The van der Waals surface area contributed by atoms with Crippen LogP contribution in [0.4, 0.5) is 4.39 Å². The van der Waals surface area contributed by atoms with Gasteiger partial charge in [0, 0.05) is 5.56 Å². The van der Waals surface area contributed by atoms with Crippen LogP contribution in [0.2, 0.25) is 0 Å². The number of rotatable bonds is 6. The van der Waals surface area contributed by atoms with Gasteiger partial charge in [-0.3, -0.25) is 0 Å². The normalized spacial score (nSPS) is 11.3. The van der Waals surface area contributed by atoms with Gasteiger partial charge in [-0.15, -0.1) is 10.2 Å². The van der Waals surface area contributed by atoms with Crippen molar-refractivity contribution < 1.29 is 13.9 Å². The molecule has 6 nitrogen and oxygen atoms in total. The Morgan fingerprint density at radius 1 is 1.07 bits per heavy atom. The molecule has 0 aliphatic heterocycles. The maximum atomic E-state index is 12.9. The lowest BCUT2D eigenvalue weighted by molar-refractivity contribution is 0.292. The van der Waals surface area contributed by atoms with Crippen molar-refractivity contribution in [1.82, 2.24) is 19.8 Å². The fraction of sp³-hybridized carbons (Fsp3) is 0.105. The first kappa shape index (κ1) is 17.2. The Bertz CT molecular complexity index is 1090. The molecule has 0 amide bonds. The van der Waals surface area contributed by atoms with Gasteiger partial charge in [0.1, 0.15) is 28.9 Å². The Kier molecular flexibility index (Phi) is 4.80. The summed E-state index contributed by atoms with van der Waals surface area (Å²) < 4.78 is 25.6. The largest absolute Gasteiger partial charge is 0.496 e. The van der Waals surface area contributed by atoms with E-state index in [2.05, 4.69) is 15.3 Å². The number of para-hydroxylation sites is 1. The van der Waals surface area contributed by atoms with Gasteiger partial charge < -0.3 is 9.47 Å². The van der Waals surface area contributed by atoms with E-state index in [1.165, 1.54) is 23.5 Å². The fourth-order valence-corrected chi connectivity index (χ4v) is 3.23. The van der Waals surface area contributed by atoms with Gasteiger partial charge in [0.2, 0.25) is 4.96 Å². The summed E-state index contributed by atoms with van der Waals surface area (Å²) in [5.74, 6) is 1.62. The van der Waals surface area contributed by atoms with Gasteiger partial charge in [0.15, 0.2) is 5.82 Å². The number of methoxy groups -OCH3 is 1. The van der Waals surface area contributed by atoms with Crippen LogP contribution in [0.1, 0.15) is 16.4 Å². The first-order valence-corrected chi connectivity index (χ1v) is 8.95. The molecule has 0 saturated heterocycles. The number of ether oxygens (including phenoxy) is 2. The monoisotopic (exact) mass is 382 g/mol. The predicted octanol–water partition coefficient (Wildman–Crippen LogP) is 4.08. The first-order valence-electron chi connectivity index (χ1n) is 8.13. The molecule has 0 spiro atoms. The molecule has 4 aromatic rings. The number of fused-ring (bicyclic) bond motifs is 1. The first-order chi connectivity index (χ1) is 13.2. The molecule has 0 fully saturated rings. The molecule has 0 bridgehead atoms. The van der Waals surface area contributed by atoms with Crippen LogP contribution in [0.15, 0.2) is 48.5 Å². The summed E-state index contributed by atoms with van der Waals surface area (Å²) >= 11 is 1.42. The molecule has 136 valence electrons. The molecule has 0 saturated carbocycles. The summed E-state index contributed by atoms with van der Waals surface area (Å²) in [6.45, 7) is 0.187. The molecule has 2 heterocycles. The van der Waals surface area contributed by atoms with Crippen LogP contribution < -0.4 is 9.47 Å². The molecule has 0 unspecified atom stereocenters. The number of benzene rings is 2. The van der Waals surface area contributed by atoms with Gasteiger partial charge in [-0.2, -0.15) is 9.61 Å². The Balaban J connectivity index is 1.51. The van der Waals surface area contributed by atoms with Gasteiger partial charge in [-0.25, -0.2) is 4.39 Å². The summed E-state index contributed by atoms with van der Waals surface area (Å²) in [7, 11) is 1.64. The molecule has 0 aliphatic carbocycles. The van der Waals surface area contributed by atoms with Gasteiger partial charge in [-0.05, 0) is 42.5 Å². The van der Waals surface area contributed by atoms with Crippen LogP contribution in [0.5, 0.6) is 11.5 Å². The maximum absolute atomic E-state index is 12.9. The Labute approximate surface area is 158 Å². The molecular weight excluding hydrogens is 367 g/mol. The summed E-state index contributed by atoms with van der Waals surface area (Å²) in [5.41, 5.74) is 0.964. The third-order valence-corrected chi connectivity index (χ3v) is 4.66. The second kappa shape index (κ2) is 7.55. The van der Waals surface area contributed by atoms with Crippen LogP contribution in [0.3, 0.4) is 0 Å². The molecule has 0 aliphatic rings. The van der Waals surface area contributed by atoms with E-state index >= 15 is 0 Å². The van der Waals surface area contributed by atoms with Crippen molar-refractivity contribution in [2.75, 3.05) is 7.11 Å². The maximum Gasteiger partial charge on any atom is 0.235 e. The van der Waals surface area contributed by atoms with Crippen LogP contribution >= 0.6 is 11.3 Å². The molecule has 4 rings (SSSR count). The fourth-order valence-electron chi connectivity index (χ4n) is 2.47. The van der Waals surface area contributed by atoms with E-state index in [9.17, 15) is 4.39 Å². The van der Waals surface area contributed by atoms with E-state index in [1.807, 2.05) is 36.4 Å². The zero-order valence-electron chi connectivity index (χ0n) is 14.4. The molecule has 2 aromatic heterocycles. The van der Waals surface area contributed by atoms with Crippen molar-refractivity contribution in [2.24, 2.45) is 0 Å². The van der Waals surface area contributed by atoms with Crippen molar-refractivity contribution >= 4 is 28.4 Å². The van der Waals surface area contributed by atoms with Gasteiger partial charge in [0.25, 0.3) is 0 Å². The second-order valence-corrected chi connectivity index (χ2v) is 6.56. The van der Waals surface area contributed by atoms with Gasteiger partial charge in [-0.1, -0.05) is 29.5 Å². The lowest BCUT2D eigenvalue weighted by Gasteiger charge is -2.03. The summed E-state index contributed by atoms with van der Waals surface area (Å²) in [4.78, 5) is 0.674. The lowest BCUT2D eigenvalue weighted by atomic mass is 10.2. The minimum absolute atomic E-state index is 0.187. The minimum atomic E-state index is -0.307. The molecule has 0 N–H and O–H groups in total. The van der Waals surface area contributed by atoms with E-state index in [4.69, 9.17) is 9.47 Å². The van der Waals surface area contributed by atoms with Crippen molar-refractivity contribution in [3.8, 4) is 11.5 Å². The summed E-state index contributed by atoms with van der Waals surface area (Å²) in [5, 5.41) is 13.5. The third-order valence-electron chi connectivity index (χ3n) is 3.80. The Morgan fingerprint density at radius 3 is 2.70 bits per heavy atom. The molecule has 27 heavy (non-hydrogen) atoms. The quantitative estimate of drug-likeness (QED) is 0.503. The number of nitrogens with zero attached hydrogens (tertiary/aromatic N) is 4. The third kappa shape index (κ3) is 3.80. The highest BCUT2D eigenvalue weighted by Crippen LogP contribution is 2.22. The topological polar surface area (TPSA) is 61.5 Å². The Hall–Kier alpha value is -3.26. The average Bonchev–Trinajstić information content (AvgIpc) is 3.27. The SMILES string of the molecule is COc1ccccc1C=Cc1nn2c(COc3ccc(F)cc3)nnc2s1. The summed E-state index contributed by atoms with van der Waals surface area (Å²) in [6, 6.07) is 13.6. The van der Waals surface area contributed by atoms with E-state index in [0.717, 1.165) is 16.3 Å². The molecule has 8 heteroatoms. The number of hydrogen-bond acceptors (Lipinski definition) is 6. The van der Waals surface area contributed by atoms with Crippen molar-refractivity contribution in [3.63, 3.8) is 0 Å². The minimum Gasteiger partial charge on any atom is -0.496 e. The smallest absolute Gasteiger partial charge is 0.235 e. The van der Waals surface area contributed by atoms with Gasteiger partial charge >= 0.3 is 0 Å². The van der Waals surface area contributed by atoms with E-state index < -0.39 is 0 Å². The van der Waals surface area contributed by atoms with Crippen LogP contribution in [0.25, 0.3) is 17.1 Å². The van der Waals surface area contributed by atoms with Crippen LogP contribution in [0, 0.1) is 5.82 Å². The standard InChI is InChI=1S/C19H15FN4O2S/c1-25-16-5-3-2-4-13(16)6-11-18-23-24-17(21-22-19(24)27-18)12-26-15-9-7-14(20)8-10-15/h2-11H,12H2,1H3. The molecule has 0 atom stereocenters. The molecular formula is C19H15FN4O2S. The predicted molar refractivity (Wildman–Crippen MR) is 101 cm³/mol. The number of hydrogen-bond donors (Lipinski definition) is 0. The number of halogens is 1. The Morgan fingerprint density at radius 2 is 1.89 bits per heavy atom. The van der Waals surface area contributed by atoms with Crippen LogP contribution in [-0.4, -0.2) is 26.9 Å². The van der Waals surface area contributed by atoms with E-state index in [1.54, 1.807) is 23.8 Å². The van der Waals surface area contributed by atoms with E-state index in [0.29, 0.717) is 16.5 Å². The summed E-state index contributed by atoms with van der Waals surface area (Å²) in [6.07, 6.45) is 3.85. The highest BCUT2D eigenvalue weighted by Gasteiger charge is 2.11. The van der Waals surface area contributed by atoms with Crippen molar-refractivity contribution in [3.05, 3.63) is 70.7 Å². The average molecular weight is 382 g/mol.